The number of rotatable bonds is 5. The molecule has 142 valence electrons. The van der Waals surface area contributed by atoms with Gasteiger partial charge in [0.2, 0.25) is 0 Å². The molecule has 0 saturated carbocycles. The second-order valence-electron chi connectivity index (χ2n) is 6.27. The van der Waals surface area contributed by atoms with Crippen molar-refractivity contribution in [2.45, 2.75) is 45.2 Å². The third-order valence-electron chi connectivity index (χ3n) is 4.68. The maximum atomic E-state index is 13.4. The number of likely N-dealkylation sites (N-methyl/N-ethyl adjacent to an activating group) is 1. The van der Waals surface area contributed by atoms with E-state index in [9.17, 15) is 8.78 Å². The topological polar surface area (TPSA) is 39.7 Å². The molecule has 1 aromatic carbocycles. The van der Waals surface area contributed by atoms with Crippen LogP contribution in [-0.4, -0.2) is 43.6 Å². The Morgan fingerprint density at radius 3 is 2.72 bits per heavy atom. The largest absolute Gasteiger partial charge is 0.355 e. The van der Waals surface area contributed by atoms with Crippen molar-refractivity contribution in [3.8, 4) is 0 Å². The van der Waals surface area contributed by atoms with Crippen LogP contribution in [0.25, 0.3) is 0 Å². The van der Waals surface area contributed by atoms with Gasteiger partial charge in [-0.05, 0) is 50.6 Å². The molecule has 1 heterocycles. The first-order chi connectivity index (χ1) is 11.5. The standard InChI is InChI=1S/C18H28F2N4.HI/c1-4-24-10-6-5-7-15(24)12-22-18(21-3)23-13(2)14-8-9-16(19)17(20)11-14;/h8-9,11,13,15H,4-7,10,12H2,1-3H3,(H2,21,22,23);1H. The average Bonchev–Trinajstić information content (AvgIpc) is 2.60. The molecule has 0 aromatic heterocycles. The van der Waals surface area contributed by atoms with Crippen LogP contribution in [0.2, 0.25) is 0 Å². The van der Waals surface area contributed by atoms with Crippen molar-refractivity contribution >= 4 is 29.9 Å². The Morgan fingerprint density at radius 1 is 1.32 bits per heavy atom. The number of aliphatic imine (C=N–C) groups is 1. The number of benzene rings is 1. The van der Waals surface area contributed by atoms with Gasteiger partial charge in [0, 0.05) is 19.6 Å². The zero-order valence-electron chi connectivity index (χ0n) is 15.2. The van der Waals surface area contributed by atoms with Crippen molar-refractivity contribution in [3.63, 3.8) is 0 Å². The molecule has 0 spiro atoms. The zero-order valence-corrected chi connectivity index (χ0v) is 17.5. The fraction of sp³-hybridized carbons (Fsp3) is 0.611. The Morgan fingerprint density at radius 2 is 2.08 bits per heavy atom. The van der Waals surface area contributed by atoms with E-state index in [1.54, 1.807) is 13.1 Å². The van der Waals surface area contributed by atoms with E-state index >= 15 is 0 Å². The highest BCUT2D eigenvalue weighted by atomic mass is 127. The summed E-state index contributed by atoms with van der Waals surface area (Å²) < 4.78 is 26.4. The van der Waals surface area contributed by atoms with Gasteiger partial charge in [0.1, 0.15) is 0 Å². The third kappa shape index (κ3) is 6.36. The zero-order chi connectivity index (χ0) is 17.5. The Bertz CT molecular complexity index is 568. The average molecular weight is 466 g/mol. The predicted molar refractivity (Wildman–Crippen MR) is 110 cm³/mol. The molecule has 0 radical (unpaired) electrons. The molecule has 0 amide bonds. The lowest BCUT2D eigenvalue weighted by Crippen LogP contribution is -2.49. The Labute approximate surface area is 166 Å². The van der Waals surface area contributed by atoms with Gasteiger partial charge in [0.05, 0.1) is 6.04 Å². The van der Waals surface area contributed by atoms with Crippen LogP contribution in [-0.2, 0) is 0 Å². The van der Waals surface area contributed by atoms with Crippen LogP contribution < -0.4 is 10.6 Å². The lowest BCUT2D eigenvalue weighted by molar-refractivity contribution is 0.157. The summed E-state index contributed by atoms with van der Waals surface area (Å²) in [6.45, 7) is 7.14. The summed E-state index contributed by atoms with van der Waals surface area (Å²) in [6, 6.07) is 4.31. The molecule has 1 fully saturated rings. The molecule has 2 atom stereocenters. The maximum absolute atomic E-state index is 13.4. The molecule has 4 nitrogen and oxygen atoms in total. The molecular formula is C18H29F2IN4. The number of hydrogen-bond acceptors (Lipinski definition) is 2. The highest BCUT2D eigenvalue weighted by Crippen LogP contribution is 2.17. The number of halogens is 3. The van der Waals surface area contributed by atoms with Crippen molar-refractivity contribution in [1.29, 1.82) is 0 Å². The number of likely N-dealkylation sites (tertiary alicyclic amines) is 1. The van der Waals surface area contributed by atoms with Crippen LogP contribution in [0.5, 0.6) is 0 Å². The number of nitrogens with zero attached hydrogens (tertiary/aromatic N) is 2. The summed E-state index contributed by atoms with van der Waals surface area (Å²) in [4.78, 5) is 6.73. The highest BCUT2D eigenvalue weighted by Gasteiger charge is 2.21. The summed E-state index contributed by atoms with van der Waals surface area (Å²) in [5.74, 6) is -0.982. The highest BCUT2D eigenvalue weighted by molar-refractivity contribution is 14.0. The molecule has 2 N–H and O–H groups in total. The Balaban J connectivity index is 0.00000312. The minimum absolute atomic E-state index is 0. The molecule has 25 heavy (non-hydrogen) atoms. The first-order valence-corrected chi connectivity index (χ1v) is 8.71. The van der Waals surface area contributed by atoms with E-state index in [4.69, 9.17) is 0 Å². The van der Waals surface area contributed by atoms with Gasteiger partial charge < -0.3 is 10.6 Å². The van der Waals surface area contributed by atoms with E-state index in [2.05, 4.69) is 27.4 Å². The van der Waals surface area contributed by atoms with Crippen molar-refractivity contribution in [2.24, 2.45) is 4.99 Å². The third-order valence-corrected chi connectivity index (χ3v) is 4.68. The fourth-order valence-electron chi connectivity index (χ4n) is 3.19. The molecule has 2 unspecified atom stereocenters. The maximum Gasteiger partial charge on any atom is 0.191 e. The molecular weight excluding hydrogens is 437 g/mol. The summed E-state index contributed by atoms with van der Waals surface area (Å²) in [6.07, 6.45) is 3.72. The lowest BCUT2D eigenvalue weighted by atomic mass is 10.0. The quantitative estimate of drug-likeness (QED) is 0.395. The normalized spacial score (nSPS) is 19.9. The molecule has 1 aliphatic rings. The van der Waals surface area contributed by atoms with Crippen molar-refractivity contribution in [2.75, 3.05) is 26.7 Å². The van der Waals surface area contributed by atoms with Crippen molar-refractivity contribution in [3.05, 3.63) is 35.4 Å². The lowest BCUT2D eigenvalue weighted by Gasteiger charge is -2.35. The van der Waals surface area contributed by atoms with Gasteiger partial charge in [0.15, 0.2) is 17.6 Å². The summed E-state index contributed by atoms with van der Waals surface area (Å²) in [7, 11) is 1.71. The Hall–Kier alpha value is -0.960. The second kappa shape index (κ2) is 10.9. The van der Waals surface area contributed by atoms with Gasteiger partial charge >= 0.3 is 0 Å². The first-order valence-electron chi connectivity index (χ1n) is 8.71. The summed E-state index contributed by atoms with van der Waals surface area (Å²) >= 11 is 0. The fourth-order valence-corrected chi connectivity index (χ4v) is 3.19. The molecule has 1 saturated heterocycles. The van der Waals surface area contributed by atoms with Crippen LogP contribution in [0.3, 0.4) is 0 Å². The van der Waals surface area contributed by atoms with Crippen molar-refractivity contribution in [1.82, 2.24) is 15.5 Å². The molecule has 1 aromatic rings. The van der Waals surface area contributed by atoms with Crippen LogP contribution in [0.4, 0.5) is 8.78 Å². The smallest absolute Gasteiger partial charge is 0.191 e. The van der Waals surface area contributed by atoms with Gasteiger partial charge in [0.25, 0.3) is 0 Å². The van der Waals surface area contributed by atoms with Gasteiger partial charge in [-0.3, -0.25) is 9.89 Å². The van der Waals surface area contributed by atoms with E-state index in [0.717, 1.165) is 25.7 Å². The number of nitrogens with one attached hydrogen (secondary N) is 2. The second-order valence-corrected chi connectivity index (χ2v) is 6.27. The molecule has 0 aliphatic carbocycles. The van der Waals surface area contributed by atoms with Gasteiger partial charge in [-0.2, -0.15) is 0 Å². The SMILES string of the molecule is CCN1CCCCC1CNC(=NC)NC(C)c1ccc(F)c(F)c1.I. The van der Waals surface area contributed by atoms with Crippen LogP contribution in [0, 0.1) is 11.6 Å². The first kappa shape index (κ1) is 22.1. The number of piperidine rings is 1. The van der Waals surface area contributed by atoms with E-state index in [1.165, 1.54) is 25.3 Å². The number of guanidine groups is 1. The number of hydrogen-bond donors (Lipinski definition) is 2. The van der Waals surface area contributed by atoms with Crippen LogP contribution >= 0.6 is 24.0 Å². The van der Waals surface area contributed by atoms with E-state index in [0.29, 0.717) is 17.6 Å². The van der Waals surface area contributed by atoms with Gasteiger partial charge in [-0.1, -0.05) is 19.4 Å². The van der Waals surface area contributed by atoms with E-state index < -0.39 is 11.6 Å². The van der Waals surface area contributed by atoms with E-state index in [-0.39, 0.29) is 30.0 Å². The minimum atomic E-state index is -0.829. The molecule has 0 bridgehead atoms. The van der Waals surface area contributed by atoms with Gasteiger partial charge in [-0.15, -0.1) is 24.0 Å². The van der Waals surface area contributed by atoms with Gasteiger partial charge in [-0.25, -0.2) is 8.78 Å². The van der Waals surface area contributed by atoms with Crippen LogP contribution in [0.1, 0.15) is 44.7 Å². The molecule has 7 heteroatoms. The summed E-state index contributed by atoms with van der Waals surface area (Å²) in [5, 5.41) is 6.59. The van der Waals surface area contributed by atoms with Crippen LogP contribution in [0.15, 0.2) is 23.2 Å². The monoisotopic (exact) mass is 466 g/mol. The van der Waals surface area contributed by atoms with Crippen molar-refractivity contribution < 1.29 is 8.78 Å². The van der Waals surface area contributed by atoms with E-state index in [1.807, 2.05) is 6.92 Å². The summed E-state index contributed by atoms with van der Waals surface area (Å²) in [5.41, 5.74) is 0.685. The molecule has 2 rings (SSSR count). The predicted octanol–water partition coefficient (Wildman–Crippen LogP) is 3.68. The Kier molecular flexibility index (Phi) is 9.63. The minimum Gasteiger partial charge on any atom is -0.355 e. The molecule has 1 aliphatic heterocycles.